The molecule has 238 valence electrons. The number of hydrogen-bond acceptors (Lipinski definition) is 1. The molecule has 4 heteroatoms. The highest BCUT2D eigenvalue weighted by atomic mass is 15.3. The molecule has 2 aromatic heterocycles. The fraction of sp³-hybridized carbons (Fsp3) is 0.0870. The Morgan fingerprint density at radius 1 is 0.580 bits per heavy atom. The lowest BCUT2D eigenvalue weighted by molar-refractivity contribution is 0.530. The molecule has 2 atom stereocenters. The van der Waals surface area contributed by atoms with Crippen LogP contribution in [0.2, 0.25) is 0 Å². The zero-order chi connectivity index (χ0) is 32.8. The third kappa shape index (κ3) is 3.82. The summed E-state index contributed by atoms with van der Waals surface area (Å²) in [6, 6.07) is 50.8. The molecule has 9 aromatic rings. The van der Waals surface area contributed by atoms with Crippen LogP contribution in [0.1, 0.15) is 30.6 Å². The summed E-state index contributed by atoms with van der Waals surface area (Å²) in [7, 11) is 0. The van der Waals surface area contributed by atoms with Gasteiger partial charge in [-0.25, -0.2) is 0 Å². The van der Waals surface area contributed by atoms with E-state index in [1.165, 1.54) is 76.4 Å². The molecule has 0 radical (unpaired) electrons. The maximum atomic E-state index is 5.67. The number of para-hydroxylation sites is 3. The van der Waals surface area contributed by atoms with Gasteiger partial charge >= 0.3 is 0 Å². The van der Waals surface area contributed by atoms with E-state index in [1.807, 2.05) is 0 Å². The fourth-order valence-corrected chi connectivity index (χ4v) is 8.87. The molecule has 0 fully saturated rings. The molecule has 2 aliphatic rings. The van der Waals surface area contributed by atoms with Crippen LogP contribution in [0.3, 0.4) is 0 Å². The van der Waals surface area contributed by atoms with Gasteiger partial charge in [-0.2, -0.15) is 0 Å². The monoisotopic (exact) mass is 641 g/mol. The number of hydrogen-bond donors (Lipinski definition) is 1. The van der Waals surface area contributed by atoms with Crippen molar-refractivity contribution in [2.24, 2.45) is 0 Å². The van der Waals surface area contributed by atoms with Crippen molar-refractivity contribution in [2.75, 3.05) is 5.32 Å². The second-order valence-electron chi connectivity index (χ2n) is 13.6. The molecule has 3 heterocycles. The Morgan fingerprint density at radius 2 is 1.30 bits per heavy atom. The summed E-state index contributed by atoms with van der Waals surface area (Å²) in [4.78, 5) is 0. The standard InChI is InChI=1S/C46H33N4/c1-3-16-30(17-4-1)43-46(48-37-25-13-12-24-36(37)47-43)50-39-28-27-29-15-7-8-20-32(29)41(39)42-34-22-10-9-21-33(34)40-35-23-11-14-26-38(35)49(44(40)45(42)50)31-18-5-2-6-19-31/h1-5,7-18,20-28,43,46-47H,6,19H2/q-1. The van der Waals surface area contributed by atoms with Crippen molar-refractivity contribution in [2.45, 2.75) is 25.0 Å². The van der Waals surface area contributed by atoms with E-state index in [4.69, 9.17) is 5.32 Å². The number of allylic oxidation sites excluding steroid dienone is 4. The lowest BCUT2D eigenvalue weighted by Gasteiger charge is -2.48. The first-order chi connectivity index (χ1) is 24.8. The minimum atomic E-state index is -0.260. The van der Waals surface area contributed by atoms with Crippen LogP contribution < -0.4 is 5.32 Å². The maximum Gasteiger partial charge on any atom is 0.0788 e. The second kappa shape index (κ2) is 10.6. The van der Waals surface area contributed by atoms with E-state index >= 15 is 0 Å². The van der Waals surface area contributed by atoms with Crippen molar-refractivity contribution in [3.8, 4) is 0 Å². The topological polar surface area (TPSA) is 36.0 Å². The van der Waals surface area contributed by atoms with E-state index < -0.39 is 0 Å². The first-order valence-electron chi connectivity index (χ1n) is 17.6. The first-order valence-corrected chi connectivity index (χ1v) is 17.6. The molecule has 4 nitrogen and oxygen atoms in total. The van der Waals surface area contributed by atoms with E-state index in [1.54, 1.807) is 0 Å². The highest BCUT2D eigenvalue weighted by Gasteiger charge is 2.30. The predicted octanol–water partition coefficient (Wildman–Crippen LogP) is 12.8. The number of anilines is 1. The number of rotatable bonds is 3. The predicted molar refractivity (Wildman–Crippen MR) is 211 cm³/mol. The Hall–Kier alpha value is -6.26. The molecule has 0 spiro atoms. The van der Waals surface area contributed by atoms with E-state index in [0.29, 0.717) is 0 Å². The van der Waals surface area contributed by atoms with E-state index in [2.05, 4.69) is 172 Å². The van der Waals surface area contributed by atoms with Crippen LogP contribution in [0, 0.1) is 0 Å². The van der Waals surface area contributed by atoms with Crippen LogP contribution in [0.4, 0.5) is 11.4 Å². The van der Waals surface area contributed by atoms with Crippen molar-refractivity contribution in [3.05, 3.63) is 169 Å². The van der Waals surface area contributed by atoms with Crippen molar-refractivity contribution in [3.63, 3.8) is 0 Å². The molecule has 11 rings (SSSR count). The Morgan fingerprint density at radius 3 is 2.14 bits per heavy atom. The van der Waals surface area contributed by atoms with Gasteiger partial charge < -0.3 is 19.8 Å². The summed E-state index contributed by atoms with van der Waals surface area (Å²) in [5, 5.41) is 19.9. The van der Waals surface area contributed by atoms with Gasteiger partial charge in [0.25, 0.3) is 0 Å². The quantitative estimate of drug-likeness (QED) is 0.205. The summed E-state index contributed by atoms with van der Waals surface area (Å²) in [5.41, 5.74) is 9.50. The second-order valence-corrected chi connectivity index (χ2v) is 13.6. The average Bonchev–Trinajstić information content (AvgIpc) is 3.72. The fourth-order valence-electron chi connectivity index (χ4n) is 8.87. The Kier molecular flexibility index (Phi) is 5.88. The summed E-state index contributed by atoms with van der Waals surface area (Å²) in [6.45, 7) is 0. The largest absolute Gasteiger partial charge is 0.661 e. The molecule has 7 aromatic carbocycles. The number of fused-ring (bicyclic) bond motifs is 13. The number of nitrogens with zero attached hydrogens (tertiary/aromatic N) is 3. The van der Waals surface area contributed by atoms with Crippen LogP contribution >= 0.6 is 0 Å². The molecular weight excluding hydrogens is 609 g/mol. The van der Waals surface area contributed by atoms with Gasteiger partial charge in [-0.3, -0.25) is 0 Å². The van der Waals surface area contributed by atoms with E-state index in [0.717, 1.165) is 24.2 Å². The molecule has 2 unspecified atom stereocenters. The van der Waals surface area contributed by atoms with Crippen molar-refractivity contribution >= 4 is 82.2 Å². The number of benzene rings is 7. The SMILES string of the molecule is C1=CCCC(n2c3ccccc3c3c4ccccc4c4c5c6ccccc6ccc5n(C5[N-]c6ccccc6NC5c5ccccc5)c4c32)=C1. The molecule has 1 N–H and O–H groups in total. The summed E-state index contributed by atoms with van der Waals surface area (Å²) < 4.78 is 5.16. The zero-order valence-corrected chi connectivity index (χ0v) is 27.4. The normalized spacial score (nSPS) is 17.4. The minimum absolute atomic E-state index is 0.0902. The third-order valence-electron chi connectivity index (χ3n) is 10.9. The Balaban J connectivity index is 1.41. The summed E-state index contributed by atoms with van der Waals surface area (Å²) in [6.07, 6.45) is 8.57. The van der Waals surface area contributed by atoms with Crippen LogP contribution in [-0.2, 0) is 0 Å². The van der Waals surface area contributed by atoms with Gasteiger partial charge in [0.1, 0.15) is 0 Å². The van der Waals surface area contributed by atoms with Crippen LogP contribution in [0.5, 0.6) is 0 Å². The average molecular weight is 642 g/mol. The van der Waals surface area contributed by atoms with Crippen LogP contribution in [0.15, 0.2) is 158 Å². The van der Waals surface area contributed by atoms with Gasteiger partial charge in [-0.05, 0) is 70.4 Å². The molecule has 50 heavy (non-hydrogen) atoms. The zero-order valence-electron chi connectivity index (χ0n) is 27.4. The molecular formula is C46H33N4-. The maximum absolute atomic E-state index is 5.67. The summed E-state index contributed by atoms with van der Waals surface area (Å²) in [5.74, 6) is 0. The molecule has 0 saturated heterocycles. The molecule has 1 aliphatic carbocycles. The van der Waals surface area contributed by atoms with Gasteiger partial charge in [-0.15, -0.1) is 5.69 Å². The van der Waals surface area contributed by atoms with Gasteiger partial charge in [0.15, 0.2) is 0 Å². The minimum Gasteiger partial charge on any atom is -0.661 e. The first kappa shape index (κ1) is 27.7. The molecule has 1 aliphatic heterocycles. The van der Waals surface area contributed by atoms with Gasteiger partial charge in [0, 0.05) is 38.4 Å². The van der Waals surface area contributed by atoms with Crippen LogP contribution in [0.25, 0.3) is 76.2 Å². The van der Waals surface area contributed by atoms with Gasteiger partial charge in [-0.1, -0.05) is 133 Å². The third-order valence-corrected chi connectivity index (χ3v) is 10.9. The van der Waals surface area contributed by atoms with Crippen LogP contribution in [-0.4, -0.2) is 9.13 Å². The van der Waals surface area contributed by atoms with Crippen molar-refractivity contribution in [1.82, 2.24) is 9.13 Å². The molecule has 0 bridgehead atoms. The smallest absolute Gasteiger partial charge is 0.0788 e. The highest BCUT2D eigenvalue weighted by Crippen LogP contribution is 2.54. The van der Waals surface area contributed by atoms with Crippen molar-refractivity contribution in [1.29, 1.82) is 0 Å². The molecule has 0 amide bonds. The summed E-state index contributed by atoms with van der Waals surface area (Å²) >= 11 is 0. The van der Waals surface area contributed by atoms with Crippen molar-refractivity contribution < 1.29 is 0 Å². The van der Waals surface area contributed by atoms with Gasteiger partial charge in [0.2, 0.25) is 0 Å². The highest BCUT2D eigenvalue weighted by molar-refractivity contribution is 6.38. The number of aromatic nitrogens is 2. The Bertz CT molecular complexity index is 2890. The lowest BCUT2D eigenvalue weighted by Crippen LogP contribution is -2.26. The van der Waals surface area contributed by atoms with E-state index in [-0.39, 0.29) is 12.2 Å². The number of nitrogens with one attached hydrogen (secondary N) is 1. The Labute approximate surface area is 289 Å². The van der Waals surface area contributed by atoms with E-state index in [9.17, 15) is 0 Å². The molecule has 0 saturated carbocycles. The lowest BCUT2D eigenvalue weighted by atomic mass is 9.96. The van der Waals surface area contributed by atoms with Gasteiger partial charge in [0.05, 0.1) is 22.6 Å².